The molecule has 6 aromatic rings. The van der Waals surface area contributed by atoms with Crippen LogP contribution in [0.1, 0.15) is 5.56 Å². The number of halogens is 2. The second-order valence-corrected chi connectivity index (χ2v) is 11.5. The third-order valence-electron chi connectivity index (χ3n) is 6.72. The van der Waals surface area contributed by atoms with E-state index in [1.54, 1.807) is 0 Å². The van der Waals surface area contributed by atoms with Crippen LogP contribution in [0.25, 0.3) is 33.0 Å². The van der Waals surface area contributed by atoms with Crippen molar-refractivity contribution in [3.05, 3.63) is 149 Å². The number of ether oxygens (including phenoxy) is 1. The molecule has 0 amide bonds. The van der Waals surface area contributed by atoms with Gasteiger partial charge in [0, 0.05) is 15.6 Å². The molecule has 0 saturated heterocycles. The van der Waals surface area contributed by atoms with Gasteiger partial charge in [-0.2, -0.15) is 0 Å². The summed E-state index contributed by atoms with van der Waals surface area (Å²) in [5.74, 6) is 0.855. The number of rotatable bonds is 7. The predicted octanol–water partition coefficient (Wildman–Crippen LogP) is 9.69. The number of benzene rings is 6. The molecular weight excluding hydrogens is 538 g/mol. The lowest BCUT2D eigenvalue weighted by atomic mass is 9.90. The summed E-state index contributed by atoms with van der Waals surface area (Å²) >= 11 is 12.7. The fourth-order valence-corrected chi connectivity index (χ4v) is 6.31. The highest BCUT2D eigenvalue weighted by molar-refractivity contribution is 7.55. The Balaban J connectivity index is 1.51. The van der Waals surface area contributed by atoms with Crippen molar-refractivity contribution in [1.29, 1.82) is 0 Å². The van der Waals surface area contributed by atoms with Gasteiger partial charge in [0.15, 0.2) is 0 Å². The van der Waals surface area contributed by atoms with Crippen LogP contribution in [0.4, 0.5) is 0 Å². The van der Waals surface area contributed by atoms with Gasteiger partial charge in [-0.15, -0.1) is 0 Å². The summed E-state index contributed by atoms with van der Waals surface area (Å²) in [6.45, 7) is 0.495. The zero-order valence-electron chi connectivity index (χ0n) is 21.1. The predicted molar refractivity (Wildman–Crippen MR) is 170 cm³/mol. The molecular formula is C35H25Cl2OP. The van der Waals surface area contributed by atoms with Crippen LogP contribution in [0.3, 0.4) is 0 Å². The van der Waals surface area contributed by atoms with Gasteiger partial charge in [0.05, 0.1) is 0 Å². The van der Waals surface area contributed by atoms with Crippen LogP contribution >= 0.6 is 31.8 Å². The van der Waals surface area contributed by atoms with Crippen molar-refractivity contribution in [3.8, 4) is 28.0 Å². The summed E-state index contributed by atoms with van der Waals surface area (Å²) in [6, 6.07) is 45.8. The van der Waals surface area contributed by atoms with Gasteiger partial charge < -0.3 is 4.74 Å². The van der Waals surface area contributed by atoms with Crippen LogP contribution in [0.2, 0.25) is 10.0 Å². The summed E-state index contributed by atoms with van der Waals surface area (Å²) in [4.78, 5) is 0. The molecule has 0 spiro atoms. The van der Waals surface area contributed by atoms with Crippen LogP contribution in [-0.2, 0) is 6.61 Å². The van der Waals surface area contributed by atoms with Crippen LogP contribution in [0.15, 0.2) is 133 Å². The molecule has 0 fully saturated rings. The molecule has 0 N–H and O–H groups in total. The molecule has 0 aromatic heterocycles. The average Bonchev–Trinajstić information content (AvgIpc) is 2.98. The molecule has 0 aliphatic heterocycles. The Morgan fingerprint density at radius 1 is 0.564 bits per heavy atom. The zero-order chi connectivity index (χ0) is 26.6. The molecule has 0 aliphatic rings. The highest BCUT2D eigenvalue weighted by atomic mass is 35.5. The maximum atomic E-state index is 6.59. The van der Waals surface area contributed by atoms with Gasteiger partial charge in [0.2, 0.25) is 0 Å². The Hall–Kier alpha value is -3.61. The largest absolute Gasteiger partial charge is 0.488 e. The quantitative estimate of drug-likeness (QED) is 0.176. The lowest BCUT2D eigenvalue weighted by molar-refractivity contribution is 0.308. The van der Waals surface area contributed by atoms with E-state index in [2.05, 4.69) is 97.1 Å². The van der Waals surface area contributed by atoms with E-state index < -0.39 is 0 Å². The van der Waals surface area contributed by atoms with Crippen LogP contribution < -0.4 is 15.3 Å². The number of hydrogen-bond donors (Lipinski definition) is 0. The standard InChI is InChI=1S/C35H25Cl2OP/c36-26-15-18-28(19-16-26)39-34-21-17-27(37)22-32(34)30-12-6-7-13-31(30)35-29-11-5-4-10-25(29)14-20-33(35)38-23-24-8-2-1-3-9-24/h1-22,39H,23H2. The second kappa shape index (κ2) is 11.6. The van der Waals surface area contributed by atoms with E-state index in [1.807, 2.05) is 36.4 Å². The van der Waals surface area contributed by atoms with Gasteiger partial charge in [-0.1, -0.05) is 135 Å². The lowest BCUT2D eigenvalue weighted by Gasteiger charge is -2.19. The first-order valence-electron chi connectivity index (χ1n) is 12.8. The fourth-order valence-electron chi connectivity index (χ4n) is 4.86. The maximum absolute atomic E-state index is 6.59. The first-order valence-corrected chi connectivity index (χ1v) is 14.5. The summed E-state index contributed by atoms with van der Waals surface area (Å²) in [5.41, 5.74) is 5.57. The van der Waals surface area contributed by atoms with Crippen molar-refractivity contribution in [2.24, 2.45) is 0 Å². The molecule has 0 bridgehead atoms. The summed E-state index contributed by atoms with van der Waals surface area (Å²) < 4.78 is 6.50. The maximum Gasteiger partial charge on any atom is 0.128 e. The summed E-state index contributed by atoms with van der Waals surface area (Å²) in [5, 5.41) is 6.22. The highest BCUT2D eigenvalue weighted by Crippen LogP contribution is 2.43. The Morgan fingerprint density at radius 3 is 2.08 bits per heavy atom. The molecule has 0 radical (unpaired) electrons. The van der Waals surface area contributed by atoms with Gasteiger partial charge in [-0.25, -0.2) is 0 Å². The molecule has 190 valence electrons. The SMILES string of the molecule is Clc1ccc(Pc2ccc(Cl)cc2-c2ccccc2-c2c(OCc3ccccc3)ccc3ccccc23)cc1. The molecule has 39 heavy (non-hydrogen) atoms. The Kier molecular flexibility index (Phi) is 7.66. The summed E-state index contributed by atoms with van der Waals surface area (Å²) in [7, 11) is 0.459. The van der Waals surface area contributed by atoms with E-state index in [4.69, 9.17) is 27.9 Å². The van der Waals surface area contributed by atoms with Crippen molar-refractivity contribution in [2.45, 2.75) is 6.61 Å². The minimum atomic E-state index is 0.459. The summed E-state index contributed by atoms with van der Waals surface area (Å²) in [6.07, 6.45) is 0. The smallest absolute Gasteiger partial charge is 0.128 e. The third-order valence-corrected chi connectivity index (χ3v) is 8.53. The fraction of sp³-hybridized carbons (Fsp3) is 0.0286. The van der Waals surface area contributed by atoms with Crippen molar-refractivity contribution in [1.82, 2.24) is 0 Å². The monoisotopic (exact) mass is 562 g/mol. The average molecular weight is 563 g/mol. The van der Waals surface area contributed by atoms with E-state index in [-0.39, 0.29) is 0 Å². The second-order valence-electron chi connectivity index (χ2n) is 9.30. The van der Waals surface area contributed by atoms with Gasteiger partial charge >= 0.3 is 0 Å². The molecule has 6 rings (SSSR count). The molecule has 0 saturated carbocycles. The van der Waals surface area contributed by atoms with E-state index in [9.17, 15) is 0 Å². The van der Waals surface area contributed by atoms with Crippen LogP contribution in [-0.4, -0.2) is 0 Å². The van der Waals surface area contributed by atoms with Crippen LogP contribution in [0.5, 0.6) is 5.75 Å². The normalized spacial score (nSPS) is 11.3. The Bertz CT molecular complexity index is 1750. The number of fused-ring (bicyclic) bond motifs is 1. The van der Waals surface area contributed by atoms with Crippen molar-refractivity contribution in [2.75, 3.05) is 0 Å². The Morgan fingerprint density at radius 2 is 1.26 bits per heavy atom. The zero-order valence-corrected chi connectivity index (χ0v) is 23.6. The third kappa shape index (κ3) is 5.72. The van der Waals surface area contributed by atoms with E-state index in [1.165, 1.54) is 16.0 Å². The van der Waals surface area contributed by atoms with Gasteiger partial charge in [-0.3, -0.25) is 0 Å². The van der Waals surface area contributed by atoms with Gasteiger partial charge in [-0.05, 0) is 74.0 Å². The molecule has 0 heterocycles. The van der Waals surface area contributed by atoms with Crippen LogP contribution in [0, 0.1) is 0 Å². The molecule has 4 heteroatoms. The molecule has 0 aliphatic carbocycles. The Labute approximate surface area is 240 Å². The molecule has 1 unspecified atom stereocenters. The van der Waals surface area contributed by atoms with Crippen molar-refractivity contribution < 1.29 is 4.74 Å². The van der Waals surface area contributed by atoms with Gasteiger partial charge in [0.1, 0.15) is 12.4 Å². The van der Waals surface area contributed by atoms with E-state index >= 15 is 0 Å². The molecule has 1 nitrogen and oxygen atoms in total. The molecule has 1 atom stereocenters. The number of hydrogen-bond acceptors (Lipinski definition) is 1. The first-order chi connectivity index (χ1) is 19.2. The van der Waals surface area contributed by atoms with Crippen molar-refractivity contribution in [3.63, 3.8) is 0 Å². The highest BCUT2D eigenvalue weighted by Gasteiger charge is 2.18. The van der Waals surface area contributed by atoms with E-state index in [0.717, 1.165) is 44.0 Å². The molecule has 6 aromatic carbocycles. The minimum absolute atomic E-state index is 0.459. The first kappa shape index (κ1) is 25.7. The minimum Gasteiger partial charge on any atom is -0.488 e. The lowest BCUT2D eigenvalue weighted by Crippen LogP contribution is -2.07. The topological polar surface area (TPSA) is 9.23 Å². The van der Waals surface area contributed by atoms with E-state index in [0.29, 0.717) is 20.2 Å². The van der Waals surface area contributed by atoms with Gasteiger partial charge in [0.25, 0.3) is 0 Å². The van der Waals surface area contributed by atoms with Crippen molar-refractivity contribution >= 4 is 53.2 Å².